The van der Waals surface area contributed by atoms with Crippen LogP contribution in [0.5, 0.6) is 5.75 Å². The molecule has 1 aliphatic rings. The summed E-state index contributed by atoms with van der Waals surface area (Å²) in [6.07, 6.45) is 0.217. The lowest BCUT2D eigenvalue weighted by Crippen LogP contribution is -2.50. The zero-order valence-electron chi connectivity index (χ0n) is 20.0. The highest BCUT2D eigenvalue weighted by atomic mass is 16.6. The Balaban J connectivity index is 1.35. The van der Waals surface area contributed by atoms with Crippen molar-refractivity contribution in [3.63, 3.8) is 0 Å². The third-order valence-corrected chi connectivity index (χ3v) is 5.48. The number of piperazine rings is 1. The summed E-state index contributed by atoms with van der Waals surface area (Å²) in [5.74, 6) is -0.686. The molecule has 11 nitrogen and oxygen atoms in total. The Hall–Kier alpha value is -3.89. The molecule has 3 amide bonds. The van der Waals surface area contributed by atoms with Crippen LogP contribution in [0.25, 0.3) is 10.9 Å². The van der Waals surface area contributed by atoms with Gasteiger partial charge < -0.3 is 29.3 Å². The number of carbonyl (C=O) groups excluding carboxylic acids is 4. The molecule has 35 heavy (non-hydrogen) atoms. The number of hydrogen-bond acceptors (Lipinski definition) is 8. The molecule has 2 aromatic rings. The van der Waals surface area contributed by atoms with Crippen molar-refractivity contribution >= 4 is 34.8 Å². The minimum Gasteiger partial charge on any atom is -0.496 e. The zero-order chi connectivity index (χ0) is 25.2. The summed E-state index contributed by atoms with van der Waals surface area (Å²) in [5.41, 5.74) is 0.730. The summed E-state index contributed by atoms with van der Waals surface area (Å²) < 4.78 is 15.4. The average Bonchev–Trinajstić information content (AvgIpc) is 2.89. The summed E-state index contributed by atoms with van der Waals surface area (Å²) in [4.78, 5) is 56.1. The van der Waals surface area contributed by atoms with Gasteiger partial charge in [0.15, 0.2) is 0 Å². The number of ether oxygens (including phenoxy) is 3. The van der Waals surface area contributed by atoms with Crippen LogP contribution in [0.2, 0.25) is 0 Å². The number of rotatable bonds is 9. The molecule has 1 N–H and O–H groups in total. The number of hydrogen-bond donors (Lipinski definition) is 1. The van der Waals surface area contributed by atoms with Crippen LogP contribution < -0.4 is 10.1 Å². The predicted molar refractivity (Wildman–Crippen MR) is 126 cm³/mol. The number of para-hydroxylation sites is 1. The number of amides is 3. The lowest BCUT2D eigenvalue weighted by molar-refractivity contribution is -0.143. The Labute approximate surface area is 203 Å². The number of carbonyl (C=O) groups is 4. The van der Waals surface area contributed by atoms with E-state index in [1.54, 1.807) is 22.8 Å². The van der Waals surface area contributed by atoms with E-state index in [4.69, 9.17) is 14.2 Å². The maximum atomic E-state index is 12.4. The molecule has 3 rings (SSSR count). The lowest BCUT2D eigenvalue weighted by Gasteiger charge is -2.34. The summed E-state index contributed by atoms with van der Waals surface area (Å²) >= 11 is 0. The van der Waals surface area contributed by atoms with Crippen molar-refractivity contribution in [1.82, 2.24) is 20.1 Å². The molecular weight excluding hydrogens is 456 g/mol. The van der Waals surface area contributed by atoms with Gasteiger partial charge in [0, 0.05) is 44.1 Å². The van der Waals surface area contributed by atoms with Crippen LogP contribution in [0.1, 0.15) is 30.3 Å². The quantitative estimate of drug-likeness (QED) is 0.418. The van der Waals surface area contributed by atoms with Crippen LogP contribution in [0, 0.1) is 0 Å². The number of benzene rings is 1. The van der Waals surface area contributed by atoms with Gasteiger partial charge in [0.05, 0.1) is 25.8 Å². The molecule has 11 heteroatoms. The molecule has 1 aromatic carbocycles. The smallest absolute Gasteiger partial charge is 0.409 e. The van der Waals surface area contributed by atoms with Crippen LogP contribution >= 0.6 is 0 Å². The van der Waals surface area contributed by atoms with Crippen molar-refractivity contribution < 1.29 is 33.4 Å². The molecule has 0 atom stereocenters. The van der Waals surface area contributed by atoms with Gasteiger partial charge in [-0.15, -0.1) is 0 Å². The maximum absolute atomic E-state index is 12.4. The lowest BCUT2D eigenvalue weighted by atomic mass is 10.2. The highest BCUT2D eigenvalue weighted by Crippen LogP contribution is 2.24. The van der Waals surface area contributed by atoms with Gasteiger partial charge in [-0.1, -0.05) is 12.1 Å². The minimum absolute atomic E-state index is 0.0608. The van der Waals surface area contributed by atoms with Crippen molar-refractivity contribution in [3.8, 4) is 5.75 Å². The zero-order valence-corrected chi connectivity index (χ0v) is 20.0. The fraction of sp³-hybridized carbons (Fsp3) is 0.458. The van der Waals surface area contributed by atoms with Gasteiger partial charge in [-0.05, 0) is 25.5 Å². The number of nitrogens with zero attached hydrogens (tertiary/aromatic N) is 3. The van der Waals surface area contributed by atoms with Crippen molar-refractivity contribution in [2.24, 2.45) is 0 Å². The first-order valence-electron chi connectivity index (χ1n) is 11.5. The largest absolute Gasteiger partial charge is 0.496 e. The fourth-order valence-corrected chi connectivity index (χ4v) is 3.64. The van der Waals surface area contributed by atoms with Crippen molar-refractivity contribution in [3.05, 3.63) is 36.0 Å². The van der Waals surface area contributed by atoms with E-state index in [-0.39, 0.29) is 37.3 Å². The summed E-state index contributed by atoms with van der Waals surface area (Å²) in [7, 11) is 1.51. The first-order valence-corrected chi connectivity index (χ1v) is 11.5. The summed E-state index contributed by atoms with van der Waals surface area (Å²) in [6, 6.07) is 8.78. The van der Waals surface area contributed by atoms with Gasteiger partial charge >= 0.3 is 12.1 Å². The summed E-state index contributed by atoms with van der Waals surface area (Å²) in [6.45, 7) is 3.54. The second kappa shape index (κ2) is 12.5. The molecule has 0 spiro atoms. The van der Waals surface area contributed by atoms with Gasteiger partial charge in [0.2, 0.25) is 5.91 Å². The van der Waals surface area contributed by atoms with Gasteiger partial charge in [-0.3, -0.25) is 14.4 Å². The molecule has 1 saturated heterocycles. The Kier molecular flexibility index (Phi) is 9.22. The van der Waals surface area contributed by atoms with Crippen molar-refractivity contribution in [1.29, 1.82) is 0 Å². The molecule has 0 bridgehead atoms. The Morgan fingerprint density at radius 1 is 1.03 bits per heavy atom. The number of fused-ring (bicyclic) bond motifs is 1. The molecule has 188 valence electrons. The van der Waals surface area contributed by atoms with Crippen LogP contribution in [0.4, 0.5) is 4.79 Å². The highest BCUT2D eigenvalue weighted by Gasteiger charge is 2.24. The van der Waals surface area contributed by atoms with E-state index in [2.05, 4.69) is 10.3 Å². The second-order valence-electron chi connectivity index (χ2n) is 7.80. The fourth-order valence-electron chi connectivity index (χ4n) is 3.64. The van der Waals surface area contributed by atoms with Crippen LogP contribution in [-0.2, 0) is 19.1 Å². The third kappa shape index (κ3) is 7.05. The molecular formula is C24H30N4O7. The SMILES string of the molecule is CCOC(=O)N1CCN(C(=O)CCCOC(=O)CNC(=O)c2cc(OC)c3ccccc3n2)CC1. The van der Waals surface area contributed by atoms with Gasteiger partial charge in [0.1, 0.15) is 18.0 Å². The standard InChI is InChI=1S/C24H30N4O7/c1-3-34-24(32)28-12-10-27(11-13-28)21(29)9-6-14-35-22(30)16-25-23(31)19-15-20(33-2)17-7-4-5-8-18(17)26-19/h4-5,7-8,15H,3,6,9-14,16H2,1-2H3,(H,25,31). The number of nitrogens with one attached hydrogen (secondary N) is 1. The average molecular weight is 487 g/mol. The molecule has 0 radical (unpaired) electrons. The van der Waals surface area contributed by atoms with Crippen LogP contribution in [0.15, 0.2) is 30.3 Å². The van der Waals surface area contributed by atoms with E-state index in [0.29, 0.717) is 50.5 Å². The van der Waals surface area contributed by atoms with Crippen LogP contribution in [0.3, 0.4) is 0 Å². The predicted octanol–water partition coefficient (Wildman–Crippen LogP) is 1.60. The molecule has 0 saturated carbocycles. The van der Waals surface area contributed by atoms with E-state index >= 15 is 0 Å². The normalized spacial score (nSPS) is 13.3. The van der Waals surface area contributed by atoms with Gasteiger partial charge in [-0.25, -0.2) is 9.78 Å². The van der Waals surface area contributed by atoms with Crippen LogP contribution in [-0.4, -0.2) is 91.7 Å². The minimum atomic E-state index is -0.610. The molecule has 1 aromatic heterocycles. The third-order valence-electron chi connectivity index (χ3n) is 5.48. The van der Waals surface area contributed by atoms with E-state index in [1.807, 2.05) is 18.2 Å². The molecule has 1 fully saturated rings. The molecule has 2 heterocycles. The first kappa shape index (κ1) is 25.7. The number of aromatic nitrogens is 1. The molecule has 0 aliphatic carbocycles. The second-order valence-corrected chi connectivity index (χ2v) is 7.80. The van der Waals surface area contributed by atoms with E-state index < -0.39 is 11.9 Å². The Morgan fingerprint density at radius 3 is 2.46 bits per heavy atom. The number of methoxy groups -OCH3 is 1. The van der Waals surface area contributed by atoms with E-state index in [9.17, 15) is 19.2 Å². The topological polar surface area (TPSA) is 127 Å². The highest BCUT2D eigenvalue weighted by molar-refractivity contribution is 5.98. The first-order chi connectivity index (χ1) is 16.9. The van der Waals surface area contributed by atoms with E-state index in [1.165, 1.54) is 13.2 Å². The Morgan fingerprint density at radius 2 is 1.74 bits per heavy atom. The molecule has 1 aliphatic heterocycles. The number of esters is 1. The van der Waals surface area contributed by atoms with Crippen molar-refractivity contribution in [2.75, 3.05) is 53.0 Å². The van der Waals surface area contributed by atoms with E-state index in [0.717, 1.165) is 5.39 Å². The maximum Gasteiger partial charge on any atom is 0.409 e. The van der Waals surface area contributed by atoms with Gasteiger partial charge in [-0.2, -0.15) is 0 Å². The van der Waals surface area contributed by atoms with Crippen molar-refractivity contribution in [2.45, 2.75) is 19.8 Å². The molecule has 0 unspecified atom stereocenters. The summed E-state index contributed by atoms with van der Waals surface area (Å²) in [5, 5.41) is 3.27. The van der Waals surface area contributed by atoms with Gasteiger partial charge in [0.25, 0.3) is 5.91 Å². The monoisotopic (exact) mass is 486 g/mol. The Bertz CT molecular complexity index is 1070. The number of pyridine rings is 1.